The Morgan fingerprint density at radius 3 is 2.67 bits per heavy atom. The Balaban J connectivity index is 1.17. The van der Waals surface area contributed by atoms with Crippen molar-refractivity contribution in [1.82, 2.24) is 15.2 Å². The molecule has 7 rings (SSSR count). The zero-order valence-electron chi connectivity index (χ0n) is 21.9. The average molecular weight is 550 g/mol. The van der Waals surface area contributed by atoms with Crippen LogP contribution in [0.2, 0.25) is 0 Å². The molecule has 40 heavy (non-hydrogen) atoms. The summed E-state index contributed by atoms with van der Waals surface area (Å²) in [7, 11) is 1.78. The second kappa shape index (κ2) is 9.60. The molecule has 3 amide bonds. The molecule has 8 nitrogen and oxygen atoms in total. The van der Waals surface area contributed by atoms with E-state index in [2.05, 4.69) is 15.6 Å². The standard InChI is InChI=1S/C31H27N5O3S/c1-35-17-19-6-4-8-22(27(19)31(35)39)33-26-11-5-9-23(34-26)30(38)36-15-14-18-16-25(29(37)32-20-12-13-20)40-28(18)21-7-2-3-10-24(21)36/h2-11,16,20H,12-15,17H2,1H3,(H,32,37)(H,33,34). The fraction of sp³-hybridized carbons (Fsp3) is 0.226. The molecule has 0 saturated heterocycles. The van der Waals surface area contributed by atoms with Gasteiger partial charge in [0.25, 0.3) is 17.7 Å². The number of nitrogens with one attached hydrogen (secondary N) is 2. The summed E-state index contributed by atoms with van der Waals surface area (Å²) in [5.74, 6) is 0.242. The number of carbonyl (C=O) groups is 3. The number of pyridine rings is 1. The Morgan fingerprint density at radius 2 is 1.82 bits per heavy atom. The van der Waals surface area contributed by atoms with Gasteiger partial charge in [-0.3, -0.25) is 14.4 Å². The predicted molar refractivity (Wildman–Crippen MR) is 155 cm³/mol. The number of hydrogen-bond donors (Lipinski definition) is 2. The van der Waals surface area contributed by atoms with Gasteiger partial charge in [0.15, 0.2) is 0 Å². The van der Waals surface area contributed by atoms with Crippen LogP contribution in [0.1, 0.15) is 54.5 Å². The largest absolute Gasteiger partial charge is 0.349 e. The van der Waals surface area contributed by atoms with Crippen LogP contribution in [0.5, 0.6) is 0 Å². The highest BCUT2D eigenvalue weighted by molar-refractivity contribution is 7.17. The van der Waals surface area contributed by atoms with E-state index in [1.54, 1.807) is 35.0 Å². The van der Waals surface area contributed by atoms with Crippen molar-refractivity contribution in [1.29, 1.82) is 0 Å². The summed E-state index contributed by atoms with van der Waals surface area (Å²) in [6.07, 6.45) is 2.72. The molecule has 1 saturated carbocycles. The molecule has 0 bridgehead atoms. The molecule has 0 radical (unpaired) electrons. The van der Waals surface area contributed by atoms with Crippen LogP contribution in [0.25, 0.3) is 10.4 Å². The van der Waals surface area contributed by atoms with Crippen LogP contribution in [0, 0.1) is 0 Å². The molecule has 4 heterocycles. The van der Waals surface area contributed by atoms with Crippen LogP contribution in [-0.2, 0) is 13.0 Å². The summed E-state index contributed by atoms with van der Waals surface area (Å²) >= 11 is 1.49. The summed E-state index contributed by atoms with van der Waals surface area (Å²) in [6.45, 7) is 1.04. The molecule has 0 atom stereocenters. The minimum atomic E-state index is -0.202. The van der Waals surface area contributed by atoms with Crippen molar-refractivity contribution >= 4 is 46.3 Å². The highest BCUT2D eigenvalue weighted by atomic mass is 32.1. The molecular weight excluding hydrogens is 522 g/mol. The molecule has 200 valence electrons. The molecular formula is C31H27N5O3S. The van der Waals surface area contributed by atoms with Crippen molar-refractivity contribution < 1.29 is 14.4 Å². The molecule has 9 heteroatoms. The first-order valence-corrected chi connectivity index (χ1v) is 14.2. The van der Waals surface area contributed by atoms with E-state index in [0.717, 1.165) is 40.1 Å². The molecule has 4 aromatic rings. The lowest BCUT2D eigenvalue weighted by Gasteiger charge is -2.23. The van der Waals surface area contributed by atoms with Crippen molar-refractivity contribution in [3.63, 3.8) is 0 Å². The normalized spacial score (nSPS) is 15.7. The Hall–Kier alpha value is -4.50. The molecule has 0 spiro atoms. The van der Waals surface area contributed by atoms with E-state index < -0.39 is 0 Å². The van der Waals surface area contributed by atoms with Crippen molar-refractivity contribution in [2.24, 2.45) is 0 Å². The number of nitrogens with zero attached hydrogens (tertiary/aromatic N) is 3. The Labute approximate surface area is 235 Å². The third-order valence-corrected chi connectivity index (χ3v) is 8.79. The molecule has 2 aromatic heterocycles. The van der Waals surface area contributed by atoms with E-state index in [4.69, 9.17) is 0 Å². The molecule has 1 fully saturated rings. The van der Waals surface area contributed by atoms with Crippen molar-refractivity contribution in [3.8, 4) is 10.4 Å². The number of amides is 3. The third kappa shape index (κ3) is 4.32. The van der Waals surface area contributed by atoms with Crippen LogP contribution >= 0.6 is 11.3 Å². The number of aromatic nitrogens is 1. The molecule has 2 N–H and O–H groups in total. The molecule has 2 aliphatic heterocycles. The van der Waals surface area contributed by atoms with E-state index in [9.17, 15) is 14.4 Å². The molecule has 2 aromatic carbocycles. The zero-order valence-corrected chi connectivity index (χ0v) is 22.8. The maximum absolute atomic E-state index is 13.9. The Kier molecular flexibility index (Phi) is 5.89. The van der Waals surface area contributed by atoms with Gasteiger partial charge in [0.2, 0.25) is 0 Å². The smallest absolute Gasteiger partial charge is 0.276 e. The second-order valence-electron chi connectivity index (χ2n) is 10.5. The van der Waals surface area contributed by atoms with Gasteiger partial charge in [-0.2, -0.15) is 0 Å². The monoisotopic (exact) mass is 549 g/mol. The van der Waals surface area contributed by atoms with Crippen molar-refractivity contribution in [3.05, 3.63) is 94.0 Å². The predicted octanol–water partition coefficient (Wildman–Crippen LogP) is 5.23. The first kappa shape index (κ1) is 24.5. The van der Waals surface area contributed by atoms with Gasteiger partial charge >= 0.3 is 0 Å². The van der Waals surface area contributed by atoms with Gasteiger partial charge in [-0.15, -0.1) is 11.3 Å². The summed E-state index contributed by atoms with van der Waals surface area (Å²) < 4.78 is 0. The van der Waals surface area contributed by atoms with Crippen LogP contribution in [0.15, 0.2) is 66.7 Å². The second-order valence-corrected chi connectivity index (χ2v) is 11.5. The third-order valence-electron chi connectivity index (χ3n) is 7.58. The minimum Gasteiger partial charge on any atom is -0.349 e. The van der Waals surface area contributed by atoms with E-state index in [1.165, 1.54) is 11.3 Å². The van der Waals surface area contributed by atoms with E-state index >= 15 is 0 Å². The number of rotatable bonds is 5. The maximum atomic E-state index is 13.9. The van der Waals surface area contributed by atoms with Gasteiger partial charge in [0.1, 0.15) is 11.5 Å². The zero-order chi connectivity index (χ0) is 27.4. The number of anilines is 3. The van der Waals surface area contributed by atoms with Gasteiger partial charge in [-0.05, 0) is 60.7 Å². The highest BCUT2D eigenvalue weighted by Crippen LogP contribution is 2.42. The Morgan fingerprint density at radius 1 is 1.00 bits per heavy atom. The van der Waals surface area contributed by atoms with Crippen LogP contribution in [0.3, 0.4) is 0 Å². The quantitative estimate of drug-likeness (QED) is 0.355. The van der Waals surface area contributed by atoms with Gasteiger partial charge in [-0.25, -0.2) is 4.98 Å². The van der Waals surface area contributed by atoms with Crippen LogP contribution in [-0.4, -0.2) is 47.2 Å². The van der Waals surface area contributed by atoms with Gasteiger partial charge < -0.3 is 20.4 Å². The number of fused-ring (bicyclic) bond motifs is 4. The topological polar surface area (TPSA) is 94.6 Å². The number of benzene rings is 2. The number of para-hydroxylation sites is 1. The lowest BCUT2D eigenvalue weighted by molar-refractivity contribution is 0.0816. The SMILES string of the molecule is CN1Cc2cccc(Nc3cccc(C(=O)N4CCc5cc(C(=O)NC6CC6)sc5-c5ccccc54)n3)c2C1=O. The number of thiophene rings is 1. The van der Waals surface area contributed by atoms with Crippen molar-refractivity contribution in [2.45, 2.75) is 31.8 Å². The number of hydrogen-bond acceptors (Lipinski definition) is 6. The molecule has 1 aliphatic carbocycles. The number of carbonyl (C=O) groups excluding carboxylic acids is 3. The van der Waals surface area contributed by atoms with E-state index in [1.807, 2.05) is 48.5 Å². The summed E-state index contributed by atoms with van der Waals surface area (Å²) in [6, 6.07) is 21.1. The maximum Gasteiger partial charge on any atom is 0.276 e. The minimum absolute atomic E-state index is 0.0168. The van der Waals surface area contributed by atoms with Gasteiger partial charge in [-0.1, -0.05) is 36.4 Å². The molecule has 0 unspecified atom stereocenters. The molecule has 3 aliphatic rings. The van der Waals surface area contributed by atoms with Gasteiger partial charge in [0, 0.05) is 36.6 Å². The Bertz CT molecular complexity index is 1690. The van der Waals surface area contributed by atoms with E-state index in [-0.39, 0.29) is 17.7 Å². The first-order valence-electron chi connectivity index (χ1n) is 13.4. The first-order chi connectivity index (χ1) is 19.5. The lowest BCUT2D eigenvalue weighted by Crippen LogP contribution is -2.33. The average Bonchev–Trinajstić information content (AvgIpc) is 3.63. The van der Waals surface area contributed by atoms with Crippen LogP contribution in [0.4, 0.5) is 17.2 Å². The van der Waals surface area contributed by atoms with Gasteiger partial charge in [0.05, 0.1) is 21.8 Å². The van der Waals surface area contributed by atoms with Crippen molar-refractivity contribution in [2.75, 3.05) is 23.8 Å². The summed E-state index contributed by atoms with van der Waals surface area (Å²) in [5, 5.41) is 6.34. The summed E-state index contributed by atoms with van der Waals surface area (Å²) in [5.41, 5.74) is 5.41. The fourth-order valence-corrected chi connectivity index (χ4v) is 6.56. The summed E-state index contributed by atoms with van der Waals surface area (Å²) in [4.78, 5) is 49.2. The lowest BCUT2D eigenvalue weighted by atomic mass is 10.1. The van der Waals surface area contributed by atoms with Crippen LogP contribution < -0.4 is 15.5 Å². The highest BCUT2D eigenvalue weighted by Gasteiger charge is 2.30. The fourth-order valence-electron chi connectivity index (χ4n) is 5.41. The van der Waals surface area contributed by atoms with E-state index in [0.29, 0.717) is 53.2 Å².